The van der Waals surface area contributed by atoms with Crippen molar-refractivity contribution in [3.63, 3.8) is 0 Å². The molecule has 2 heterocycles. The molecule has 6 heteroatoms. The van der Waals surface area contributed by atoms with Gasteiger partial charge < -0.3 is 14.0 Å². The quantitative estimate of drug-likeness (QED) is 0.442. The highest BCUT2D eigenvalue weighted by Crippen LogP contribution is 2.40. The van der Waals surface area contributed by atoms with E-state index in [1.54, 1.807) is 41.9 Å². The second-order valence-electron chi connectivity index (χ2n) is 7.80. The average Bonchev–Trinajstić information content (AvgIpc) is 2.82. The monoisotopic (exact) mass is 429 g/mol. The van der Waals surface area contributed by atoms with E-state index in [0.29, 0.717) is 28.1 Å². The standard InChI is InChI=1S/C26H20FNO4/c1-28-22-9-5-3-7-19(22)25-24(26(28)30)20(14-23(29)32-25)16-10-12-18(13-11-16)31-15-17-6-2-4-8-21(17)27/h2-13,20H,14-15H2,1H3/t20-/m1/s1. The van der Waals surface area contributed by atoms with Crippen LogP contribution in [-0.2, 0) is 18.4 Å². The molecule has 0 bridgehead atoms. The molecule has 0 fully saturated rings. The van der Waals surface area contributed by atoms with Crippen molar-refractivity contribution in [1.82, 2.24) is 4.57 Å². The number of para-hydroxylation sites is 1. The SMILES string of the molecule is Cn1c(=O)c2c(c3ccccc31)OC(=O)C[C@@H]2c1ccc(OCc2ccccc2F)cc1. The van der Waals surface area contributed by atoms with Crippen molar-refractivity contribution in [3.8, 4) is 11.5 Å². The lowest BCUT2D eigenvalue weighted by molar-refractivity contribution is -0.135. The summed E-state index contributed by atoms with van der Waals surface area (Å²) in [6.45, 7) is 0.108. The van der Waals surface area contributed by atoms with E-state index >= 15 is 0 Å². The Labute approximate surface area is 183 Å². The van der Waals surface area contributed by atoms with Crippen molar-refractivity contribution < 1.29 is 18.7 Å². The van der Waals surface area contributed by atoms with Gasteiger partial charge in [-0.3, -0.25) is 9.59 Å². The highest BCUT2D eigenvalue weighted by atomic mass is 19.1. The third-order valence-electron chi connectivity index (χ3n) is 5.86. The first-order chi connectivity index (χ1) is 15.5. The zero-order valence-electron chi connectivity index (χ0n) is 17.4. The molecule has 32 heavy (non-hydrogen) atoms. The molecule has 0 spiro atoms. The summed E-state index contributed by atoms with van der Waals surface area (Å²) in [4.78, 5) is 25.6. The van der Waals surface area contributed by atoms with E-state index in [4.69, 9.17) is 9.47 Å². The summed E-state index contributed by atoms with van der Waals surface area (Å²) in [5, 5.41) is 0.729. The fourth-order valence-corrected chi connectivity index (χ4v) is 4.19. The molecule has 5 nitrogen and oxygen atoms in total. The van der Waals surface area contributed by atoms with Gasteiger partial charge in [0.15, 0.2) is 0 Å². The predicted molar refractivity (Wildman–Crippen MR) is 118 cm³/mol. The molecule has 0 saturated heterocycles. The van der Waals surface area contributed by atoms with Gasteiger partial charge in [0, 0.05) is 23.9 Å². The normalized spacial score (nSPS) is 15.3. The van der Waals surface area contributed by atoms with Crippen LogP contribution in [0.2, 0.25) is 0 Å². The highest BCUT2D eigenvalue weighted by molar-refractivity contribution is 5.91. The van der Waals surface area contributed by atoms with Crippen LogP contribution in [0.15, 0.2) is 77.6 Å². The van der Waals surface area contributed by atoms with Gasteiger partial charge in [0.1, 0.15) is 23.9 Å². The number of fused-ring (bicyclic) bond motifs is 3. The fourth-order valence-electron chi connectivity index (χ4n) is 4.19. The summed E-state index contributed by atoms with van der Waals surface area (Å²) in [6, 6.07) is 21.0. The molecule has 0 radical (unpaired) electrons. The van der Waals surface area contributed by atoms with Gasteiger partial charge in [-0.15, -0.1) is 0 Å². The molecule has 3 aromatic carbocycles. The zero-order valence-corrected chi connectivity index (χ0v) is 17.4. The lowest BCUT2D eigenvalue weighted by Gasteiger charge is -2.26. The van der Waals surface area contributed by atoms with E-state index in [9.17, 15) is 14.0 Å². The number of carbonyl (C=O) groups is 1. The van der Waals surface area contributed by atoms with Gasteiger partial charge in [0.25, 0.3) is 5.56 Å². The lowest BCUT2D eigenvalue weighted by Crippen LogP contribution is -2.31. The highest BCUT2D eigenvalue weighted by Gasteiger charge is 2.33. The van der Waals surface area contributed by atoms with E-state index in [-0.39, 0.29) is 30.4 Å². The molecule has 160 valence electrons. The number of carbonyl (C=O) groups excluding carboxylic acids is 1. The second kappa shape index (κ2) is 7.96. The van der Waals surface area contributed by atoms with E-state index < -0.39 is 5.92 Å². The zero-order chi connectivity index (χ0) is 22.2. The number of benzene rings is 3. The van der Waals surface area contributed by atoms with Crippen molar-refractivity contribution >= 4 is 16.9 Å². The molecule has 0 saturated carbocycles. The third kappa shape index (κ3) is 3.43. The molecule has 1 aromatic heterocycles. The Morgan fingerprint density at radius 2 is 1.72 bits per heavy atom. The summed E-state index contributed by atoms with van der Waals surface area (Å²) < 4.78 is 26.6. The molecular formula is C26H20FNO4. The molecule has 1 aliphatic heterocycles. The molecular weight excluding hydrogens is 409 g/mol. The van der Waals surface area contributed by atoms with Crippen LogP contribution in [0.25, 0.3) is 10.9 Å². The molecule has 1 atom stereocenters. The van der Waals surface area contributed by atoms with Gasteiger partial charge in [0.2, 0.25) is 0 Å². The van der Waals surface area contributed by atoms with Crippen LogP contribution >= 0.6 is 0 Å². The summed E-state index contributed by atoms with van der Waals surface area (Å²) in [7, 11) is 1.72. The van der Waals surface area contributed by atoms with E-state index in [1.165, 1.54) is 6.07 Å². The topological polar surface area (TPSA) is 57.5 Å². The minimum Gasteiger partial charge on any atom is -0.489 e. The van der Waals surface area contributed by atoms with Crippen molar-refractivity contribution in [2.24, 2.45) is 7.05 Å². The van der Waals surface area contributed by atoms with Crippen molar-refractivity contribution in [1.29, 1.82) is 0 Å². The first-order valence-corrected chi connectivity index (χ1v) is 10.3. The van der Waals surface area contributed by atoms with E-state index in [2.05, 4.69) is 0 Å². The molecule has 0 amide bonds. The van der Waals surface area contributed by atoms with Crippen LogP contribution in [0.1, 0.15) is 29.0 Å². The van der Waals surface area contributed by atoms with E-state index in [0.717, 1.165) is 10.9 Å². The summed E-state index contributed by atoms with van der Waals surface area (Å²) in [5.41, 5.74) is 2.29. The minimum atomic E-state index is -0.421. The molecule has 5 rings (SSSR count). The van der Waals surface area contributed by atoms with Gasteiger partial charge in [-0.25, -0.2) is 4.39 Å². The molecule has 4 aromatic rings. The maximum Gasteiger partial charge on any atom is 0.312 e. The Hall–Kier alpha value is -3.93. The van der Waals surface area contributed by atoms with Gasteiger partial charge >= 0.3 is 5.97 Å². The summed E-state index contributed by atoms with van der Waals surface area (Å²) in [5.74, 6) is -0.202. The van der Waals surface area contributed by atoms with Crippen molar-refractivity contribution in [2.75, 3.05) is 0 Å². The number of nitrogens with zero attached hydrogens (tertiary/aromatic N) is 1. The molecule has 0 aliphatic carbocycles. The lowest BCUT2D eigenvalue weighted by atomic mass is 9.86. The average molecular weight is 429 g/mol. The Morgan fingerprint density at radius 1 is 1.00 bits per heavy atom. The van der Waals surface area contributed by atoms with Crippen LogP contribution in [0.3, 0.4) is 0 Å². The summed E-state index contributed by atoms with van der Waals surface area (Å²) >= 11 is 0. The van der Waals surface area contributed by atoms with Crippen molar-refractivity contribution in [2.45, 2.75) is 18.9 Å². The Morgan fingerprint density at radius 3 is 2.50 bits per heavy atom. The summed E-state index contributed by atoms with van der Waals surface area (Å²) in [6.07, 6.45) is 0.0794. The van der Waals surface area contributed by atoms with E-state index in [1.807, 2.05) is 36.4 Å². The Balaban J connectivity index is 1.49. The fraction of sp³-hybridized carbons (Fsp3) is 0.154. The first kappa shape index (κ1) is 20.0. The third-order valence-corrected chi connectivity index (χ3v) is 5.86. The molecule has 1 aliphatic rings. The van der Waals surface area contributed by atoms with Gasteiger partial charge in [-0.2, -0.15) is 0 Å². The minimum absolute atomic E-state index is 0.0794. The van der Waals surface area contributed by atoms with Crippen LogP contribution in [0, 0.1) is 5.82 Å². The number of aryl methyl sites for hydroxylation is 1. The Bertz CT molecular complexity index is 1390. The van der Waals surface area contributed by atoms with Gasteiger partial charge in [-0.05, 0) is 35.9 Å². The van der Waals surface area contributed by atoms with Crippen LogP contribution in [0.5, 0.6) is 11.5 Å². The molecule has 0 unspecified atom stereocenters. The van der Waals surface area contributed by atoms with Gasteiger partial charge in [-0.1, -0.05) is 42.5 Å². The number of esters is 1. The van der Waals surface area contributed by atoms with Crippen LogP contribution in [-0.4, -0.2) is 10.5 Å². The number of hydrogen-bond donors (Lipinski definition) is 0. The second-order valence-corrected chi connectivity index (χ2v) is 7.80. The number of hydrogen-bond acceptors (Lipinski definition) is 4. The van der Waals surface area contributed by atoms with Crippen LogP contribution in [0.4, 0.5) is 4.39 Å². The predicted octanol–water partition coefficient (Wildman–Crippen LogP) is 4.70. The largest absolute Gasteiger partial charge is 0.489 e. The smallest absolute Gasteiger partial charge is 0.312 e. The number of aromatic nitrogens is 1. The van der Waals surface area contributed by atoms with Crippen molar-refractivity contribution in [3.05, 3.63) is 106 Å². The maximum atomic E-state index is 13.8. The number of pyridine rings is 1. The Kier molecular flexibility index (Phi) is 4.98. The number of halogens is 1. The maximum absolute atomic E-state index is 13.8. The van der Waals surface area contributed by atoms with Crippen LogP contribution < -0.4 is 15.0 Å². The first-order valence-electron chi connectivity index (χ1n) is 10.3. The number of ether oxygens (including phenoxy) is 2. The molecule has 0 N–H and O–H groups in total. The number of rotatable bonds is 4. The van der Waals surface area contributed by atoms with Gasteiger partial charge in [0.05, 0.1) is 17.5 Å².